The first-order chi connectivity index (χ1) is 12.2. The molecule has 1 amide bonds. The molecule has 25 heavy (non-hydrogen) atoms. The molecule has 1 aromatic carbocycles. The Morgan fingerprint density at radius 3 is 2.40 bits per heavy atom. The van der Waals surface area contributed by atoms with Gasteiger partial charge in [-0.3, -0.25) is 15.0 Å². The van der Waals surface area contributed by atoms with Gasteiger partial charge in [-0.1, -0.05) is 18.2 Å². The molecule has 1 aliphatic rings. The Kier molecular flexibility index (Phi) is 3.74. The molecule has 4 rings (SSSR count). The summed E-state index contributed by atoms with van der Waals surface area (Å²) in [5.74, 6) is 0.250. The van der Waals surface area contributed by atoms with Crippen LogP contribution in [0.1, 0.15) is 34.6 Å². The third kappa shape index (κ3) is 2.77. The van der Waals surface area contributed by atoms with Gasteiger partial charge in [0.1, 0.15) is 5.82 Å². The number of hydroxylamine groups is 1. The second-order valence-corrected chi connectivity index (χ2v) is 6.08. The van der Waals surface area contributed by atoms with Crippen molar-refractivity contribution in [2.24, 2.45) is 0 Å². The van der Waals surface area contributed by atoms with Crippen LogP contribution in [0.25, 0.3) is 11.4 Å². The number of hydrogen-bond acceptors (Lipinski definition) is 5. The molecule has 6 heteroatoms. The molecule has 1 fully saturated rings. The standard InChI is InChI=1S/C19H16N4O2/c24-17(23-25)13-4-6-14(7-5-13)19(9-10-19)18-21-12-8-16(22-18)15-3-1-2-11-20-15/h1-8,11-12,25H,9-10H2,(H,23,24). The summed E-state index contributed by atoms with van der Waals surface area (Å²) in [6, 6.07) is 14.8. The van der Waals surface area contributed by atoms with E-state index in [1.165, 1.54) is 0 Å². The van der Waals surface area contributed by atoms with Crippen LogP contribution in [-0.2, 0) is 5.41 Å². The lowest BCUT2D eigenvalue weighted by atomic mass is 9.94. The summed E-state index contributed by atoms with van der Waals surface area (Å²) in [7, 11) is 0. The largest absolute Gasteiger partial charge is 0.288 e. The zero-order valence-corrected chi connectivity index (χ0v) is 13.4. The Hall–Kier alpha value is -3.12. The minimum atomic E-state index is -0.523. The fraction of sp³-hybridized carbons (Fsp3) is 0.158. The summed E-state index contributed by atoms with van der Waals surface area (Å²) in [6.45, 7) is 0. The molecule has 1 aliphatic carbocycles. The molecule has 3 aromatic rings. The van der Waals surface area contributed by atoms with Crippen LogP contribution in [0.5, 0.6) is 0 Å². The van der Waals surface area contributed by atoms with Crippen molar-refractivity contribution in [2.45, 2.75) is 18.3 Å². The maximum absolute atomic E-state index is 11.5. The summed E-state index contributed by atoms with van der Waals surface area (Å²) in [4.78, 5) is 25.0. The molecule has 2 heterocycles. The van der Waals surface area contributed by atoms with Crippen LogP contribution in [0.4, 0.5) is 0 Å². The molecule has 0 unspecified atom stereocenters. The van der Waals surface area contributed by atoms with E-state index in [1.54, 1.807) is 30.0 Å². The predicted molar refractivity (Wildman–Crippen MR) is 91.0 cm³/mol. The summed E-state index contributed by atoms with van der Waals surface area (Å²) < 4.78 is 0. The van der Waals surface area contributed by atoms with Crippen LogP contribution >= 0.6 is 0 Å². The molecular formula is C19H16N4O2. The molecule has 6 nitrogen and oxygen atoms in total. The van der Waals surface area contributed by atoms with Crippen molar-refractivity contribution in [1.82, 2.24) is 20.4 Å². The van der Waals surface area contributed by atoms with Crippen molar-refractivity contribution in [3.8, 4) is 11.4 Å². The number of benzene rings is 1. The van der Waals surface area contributed by atoms with Crippen molar-refractivity contribution in [2.75, 3.05) is 0 Å². The highest BCUT2D eigenvalue weighted by atomic mass is 16.5. The van der Waals surface area contributed by atoms with Crippen LogP contribution in [0.3, 0.4) is 0 Å². The average Bonchev–Trinajstić information content (AvgIpc) is 3.50. The van der Waals surface area contributed by atoms with Gasteiger partial charge in [0.05, 0.1) is 16.8 Å². The predicted octanol–water partition coefficient (Wildman–Crippen LogP) is 2.74. The third-order valence-corrected chi connectivity index (χ3v) is 4.56. The van der Waals surface area contributed by atoms with E-state index < -0.39 is 5.91 Å². The lowest BCUT2D eigenvalue weighted by molar-refractivity contribution is 0.0706. The van der Waals surface area contributed by atoms with Crippen LogP contribution in [0.2, 0.25) is 0 Å². The number of rotatable bonds is 4. The van der Waals surface area contributed by atoms with Gasteiger partial charge in [0.2, 0.25) is 0 Å². The zero-order chi connectivity index (χ0) is 17.3. The van der Waals surface area contributed by atoms with Gasteiger partial charge < -0.3 is 0 Å². The van der Waals surface area contributed by atoms with E-state index in [0.29, 0.717) is 5.56 Å². The van der Waals surface area contributed by atoms with E-state index in [0.717, 1.165) is 35.6 Å². The van der Waals surface area contributed by atoms with Crippen LogP contribution in [0, 0.1) is 0 Å². The van der Waals surface area contributed by atoms with E-state index in [-0.39, 0.29) is 5.41 Å². The van der Waals surface area contributed by atoms with Gasteiger partial charge in [0.15, 0.2) is 0 Å². The molecule has 124 valence electrons. The van der Waals surface area contributed by atoms with Crippen molar-refractivity contribution >= 4 is 5.91 Å². The van der Waals surface area contributed by atoms with Gasteiger partial charge in [0, 0.05) is 18.0 Å². The van der Waals surface area contributed by atoms with E-state index >= 15 is 0 Å². The van der Waals surface area contributed by atoms with Gasteiger partial charge in [0.25, 0.3) is 5.91 Å². The summed E-state index contributed by atoms with van der Waals surface area (Å²) in [6.07, 6.45) is 5.43. The molecule has 0 bridgehead atoms. The number of hydrogen-bond donors (Lipinski definition) is 2. The highest BCUT2D eigenvalue weighted by Gasteiger charge is 2.48. The lowest BCUT2D eigenvalue weighted by Crippen LogP contribution is -2.19. The first-order valence-electron chi connectivity index (χ1n) is 8.03. The topological polar surface area (TPSA) is 88.0 Å². The van der Waals surface area contributed by atoms with Crippen molar-refractivity contribution in [3.05, 3.63) is 77.9 Å². The summed E-state index contributed by atoms with van der Waals surface area (Å²) in [5.41, 5.74) is 4.53. The Morgan fingerprint density at radius 1 is 0.960 bits per heavy atom. The van der Waals surface area contributed by atoms with Crippen LogP contribution in [-0.4, -0.2) is 26.1 Å². The molecule has 2 N–H and O–H groups in total. The maximum Gasteiger partial charge on any atom is 0.274 e. The molecular weight excluding hydrogens is 316 g/mol. The fourth-order valence-corrected chi connectivity index (χ4v) is 3.02. The summed E-state index contributed by atoms with van der Waals surface area (Å²) in [5, 5.41) is 8.72. The number of carbonyl (C=O) groups is 1. The zero-order valence-electron chi connectivity index (χ0n) is 13.4. The Balaban J connectivity index is 1.68. The van der Waals surface area contributed by atoms with Crippen LogP contribution in [0.15, 0.2) is 60.9 Å². The number of nitrogens with zero attached hydrogens (tertiary/aromatic N) is 3. The molecule has 0 radical (unpaired) electrons. The van der Waals surface area contributed by atoms with Gasteiger partial charge in [-0.15, -0.1) is 0 Å². The highest BCUT2D eigenvalue weighted by Crippen LogP contribution is 2.52. The second kappa shape index (κ2) is 6.07. The van der Waals surface area contributed by atoms with Gasteiger partial charge in [-0.2, -0.15) is 0 Å². The average molecular weight is 332 g/mol. The summed E-state index contributed by atoms with van der Waals surface area (Å²) >= 11 is 0. The highest BCUT2D eigenvalue weighted by molar-refractivity contribution is 5.93. The number of nitrogens with one attached hydrogen (secondary N) is 1. The number of aromatic nitrogens is 3. The molecule has 0 atom stereocenters. The molecule has 1 saturated carbocycles. The lowest BCUT2D eigenvalue weighted by Gasteiger charge is -2.15. The van der Waals surface area contributed by atoms with Crippen molar-refractivity contribution < 1.29 is 10.0 Å². The van der Waals surface area contributed by atoms with E-state index in [2.05, 4.69) is 9.97 Å². The normalized spacial score (nSPS) is 14.8. The van der Waals surface area contributed by atoms with E-state index in [4.69, 9.17) is 10.2 Å². The van der Waals surface area contributed by atoms with E-state index in [1.807, 2.05) is 36.4 Å². The first-order valence-corrected chi connectivity index (χ1v) is 8.03. The number of amides is 1. The monoisotopic (exact) mass is 332 g/mol. The van der Waals surface area contributed by atoms with Gasteiger partial charge in [-0.05, 0) is 48.7 Å². The minimum absolute atomic E-state index is 0.209. The second-order valence-electron chi connectivity index (χ2n) is 6.08. The van der Waals surface area contributed by atoms with Gasteiger partial charge in [-0.25, -0.2) is 15.4 Å². The Bertz CT molecular complexity index is 906. The Morgan fingerprint density at radius 2 is 1.76 bits per heavy atom. The molecule has 0 saturated heterocycles. The first kappa shape index (κ1) is 15.4. The van der Waals surface area contributed by atoms with Crippen LogP contribution < -0.4 is 5.48 Å². The molecule has 2 aromatic heterocycles. The maximum atomic E-state index is 11.5. The third-order valence-electron chi connectivity index (χ3n) is 4.56. The smallest absolute Gasteiger partial charge is 0.274 e. The number of pyridine rings is 1. The quantitative estimate of drug-likeness (QED) is 0.566. The van der Waals surface area contributed by atoms with Gasteiger partial charge >= 0.3 is 0 Å². The fourth-order valence-electron chi connectivity index (χ4n) is 3.02. The SMILES string of the molecule is O=C(NO)c1ccc(C2(c3nccc(-c4ccccn4)n3)CC2)cc1. The van der Waals surface area contributed by atoms with Crippen molar-refractivity contribution in [1.29, 1.82) is 0 Å². The number of carbonyl (C=O) groups excluding carboxylic acids is 1. The van der Waals surface area contributed by atoms with Crippen molar-refractivity contribution in [3.63, 3.8) is 0 Å². The minimum Gasteiger partial charge on any atom is -0.288 e. The van der Waals surface area contributed by atoms with E-state index in [9.17, 15) is 4.79 Å². The Labute approximate surface area is 144 Å². The molecule has 0 aliphatic heterocycles. The molecule has 0 spiro atoms.